The molecule has 0 unspecified atom stereocenters. The number of rotatable bonds is 9. The average Bonchev–Trinajstić information content (AvgIpc) is 2.82. The molecule has 0 aliphatic carbocycles. The molecule has 0 saturated heterocycles. The minimum absolute atomic E-state index is 0.0719. The highest BCUT2D eigenvalue weighted by Gasteiger charge is 2.29. The first-order valence-electron chi connectivity index (χ1n) is 10.2. The van der Waals surface area contributed by atoms with Crippen LogP contribution in [0.4, 0.5) is 5.69 Å². The van der Waals surface area contributed by atoms with Crippen LogP contribution >= 0.6 is 22.6 Å². The van der Waals surface area contributed by atoms with E-state index in [1.807, 2.05) is 31.2 Å². The van der Waals surface area contributed by atoms with Crippen molar-refractivity contribution in [1.82, 2.24) is 5.43 Å². The van der Waals surface area contributed by atoms with E-state index in [-0.39, 0.29) is 10.6 Å². The zero-order chi connectivity index (χ0) is 23.8. The topological polar surface area (TPSA) is 88.1 Å². The second kappa shape index (κ2) is 11.3. The summed E-state index contributed by atoms with van der Waals surface area (Å²) in [6, 6.07) is 22.4. The number of benzene rings is 3. The van der Waals surface area contributed by atoms with Gasteiger partial charge in [-0.2, -0.15) is 5.10 Å². The molecule has 0 spiro atoms. The van der Waals surface area contributed by atoms with Gasteiger partial charge in [0.2, 0.25) is 0 Å². The third-order valence-electron chi connectivity index (χ3n) is 4.66. The van der Waals surface area contributed by atoms with E-state index in [0.29, 0.717) is 18.1 Å². The van der Waals surface area contributed by atoms with Crippen LogP contribution in [0.25, 0.3) is 0 Å². The number of anilines is 1. The predicted molar refractivity (Wildman–Crippen MR) is 138 cm³/mol. The molecule has 3 aromatic carbocycles. The Morgan fingerprint density at radius 1 is 1.00 bits per heavy atom. The molecule has 7 nitrogen and oxygen atoms in total. The van der Waals surface area contributed by atoms with Crippen LogP contribution in [0.15, 0.2) is 88.9 Å². The Bertz CT molecular complexity index is 1230. The number of carbonyl (C=O) groups is 1. The fraction of sp³-hybridized carbons (Fsp3) is 0.167. The van der Waals surface area contributed by atoms with Crippen molar-refractivity contribution in [2.45, 2.75) is 18.7 Å². The van der Waals surface area contributed by atoms with Crippen molar-refractivity contribution in [2.75, 3.05) is 17.5 Å². The molecule has 0 bridgehead atoms. The highest BCUT2D eigenvalue weighted by Crippen LogP contribution is 2.32. The fourth-order valence-corrected chi connectivity index (χ4v) is 4.84. The molecule has 0 aliphatic rings. The fourth-order valence-electron chi connectivity index (χ4n) is 3.03. The molecule has 3 aromatic rings. The van der Waals surface area contributed by atoms with E-state index >= 15 is 0 Å². The molecule has 0 aromatic heterocycles. The summed E-state index contributed by atoms with van der Waals surface area (Å²) < 4.78 is 34.7. The standard InChI is InChI=1S/C24H24IN3O4S/c1-3-32-23-12-8-7-11-22(23)28(33(30,31)21-9-5-4-6-10-21)17-24(29)27-26-18(2)19-13-15-20(25)16-14-19/h4-16H,3,17H2,1-2H3,(H,27,29)/b26-18-. The Morgan fingerprint density at radius 3 is 2.30 bits per heavy atom. The van der Waals surface area contributed by atoms with Crippen molar-refractivity contribution >= 4 is 49.9 Å². The number of hydrogen-bond donors (Lipinski definition) is 1. The van der Waals surface area contributed by atoms with Gasteiger partial charge < -0.3 is 4.74 Å². The van der Waals surface area contributed by atoms with E-state index in [4.69, 9.17) is 4.74 Å². The molecule has 172 valence electrons. The zero-order valence-corrected chi connectivity index (χ0v) is 21.2. The number of nitrogens with zero attached hydrogens (tertiary/aromatic N) is 2. The maximum Gasteiger partial charge on any atom is 0.264 e. The van der Waals surface area contributed by atoms with Gasteiger partial charge in [-0.05, 0) is 78.4 Å². The van der Waals surface area contributed by atoms with E-state index in [0.717, 1.165) is 13.4 Å². The van der Waals surface area contributed by atoms with Gasteiger partial charge in [0, 0.05) is 3.57 Å². The minimum Gasteiger partial charge on any atom is -0.492 e. The van der Waals surface area contributed by atoms with Gasteiger partial charge in [-0.15, -0.1) is 0 Å². The summed E-state index contributed by atoms with van der Waals surface area (Å²) in [6.07, 6.45) is 0. The maximum absolute atomic E-state index is 13.5. The van der Waals surface area contributed by atoms with Gasteiger partial charge in [-0.1, -0.05) is 42.5 Å². The molecular weight excluding hydrogens is 553 g/mol. The lowest BCUT2D eigenvalue weighted by molar-refractivity contribution is -0.119. The van der Waals surface area contributed by atoms with Crippen LogP contribution in [-0.4, -0.2) is 33.2 Å². The van der Waals surface area contributed by atoms with Crippen molar-refractivity contribution in [2.24, 2.45) is 5.10 Å². The van der Waals surface area contributed by atoms with Crippen LogP contribution in [0.3, 0.4) is 0 Å². The van der Waals surface area contributed by atoms with Crippen LogP contribution in [0.5, 0.6) is 5.75 Å². The van der Waals surface area contributed by atoms with Crippen LogP contribution < -0.4 is 14.5 Å². The number of carbonyl (C=O) groups excluding carboxylic acids is 1. The lowest BCUT2D eigenvalue weighted by Crippen LogP contribution is -2.40. The molecule has 0 aliphatic heterocycles. The summed E-state index contributed by atoms with van der Waals surface area (Å²) in [7, 11) is -4.04. The second-order valence-corrected chi connectivity index (χ2v) is 10.1. The molecule has 33 heavy (non-hydrogen) atoms. The lowest BCUT2D eigenvalue weighted by atomic mass is 10.1. The van der Waals surface area contributed by atoms with E-state index in [2.05, 4.69) is 33.1 Å². The van der Waals surface area contributed by atoms with E-state index in [9.17, 15) is 13.2 Å². The van der Waals surface area contributed by atoms with E-state index in [1.54, 1.807) is 49.4 Å². The number of nitrogens with one attached hydrogen (secondary N) is 1. The number of ether oxygens (including phenoxy) is 1. The van der Waals surface area contributed by atoms with Gasteiger partial charge >= 0.3 is 0 Å². The molecule has 0 atom stereocenters. The van der Waals surface area contributed by atoms with Gasteiger partial charge in [0.05, 0.1) is 22.9 Å². The summed E-state index contributed by atoms with van der Waals surface area (Å²) in [5.41, 5.74) is 4.20. The Kier molecular flexibility index (Phi) is 8.45. The monoisotopic (exact) mass is 577 g/mol. The lowest BCUT2D eigenvalue weighted by Gasteiger charge is -2.25. The molecule has 0 radical (unpaired) electrons. The maximum atomic E-state index is 13.5. The highest BCUT2D eigenvalue weighted by atomic mass is 127. The molecular formula is C24H24IN3O4S. The number of halogens is 1. The van der Waals surface area contributed by atoms with Crippen LogP contribution in [0.1, 0.15) is 19.4 Å². The smallest absolute Gasteiger partial charge is 0.264 e. The molecule has 1 amide bonds. The van der Waals surface area contributed by atoms with Gasteiger partial charge in [-0.25, -0.2) is 13.8 Å². The van der Waals surface area contributed by atoms with Crippen LogP contribution in [0.2, 0.25) is 0 Å². The summed E-state index contributed by atoms with van der Waals surface area (Å²) >= 11 is 2.21. The Balaban J connectivity index is 1.91. The molecule has 0 fully saturated rings. The van der Waals surface area contributed by atoms with Gasteiger partial charge in [-0.3, -0.25) is 9.10 Å². The first kappa shape index (κ1) is 24.7. The highest BCUT2D eigenvalue weighted by molar-refractivity contribution is 14.1. The van der Waals surface area contributed by atoms with Crippen LogP contribution in [0, 0.1) is 3.57 Å². The first-order valence-corrected chi connectivity index (χ1v) is 12.7. The first-order chi connectivity index (χ1) is 15.8. The molecule has 1 N–H and O–H groups in total. The number of amides is 1. The average molecular weight is 577 g/mol. The zero-order valence-electron chi connectivity index (χ0n) is 18.2. The molecule has 9 heteroatoms. The van der Waals surface area contributed by atoms with Gasteiger partial charge in [0.15, 0.2) is 0 Å². The largest absolute Gasteiger partial charge is 0.492 e. The van der Waals surface area contributed by atoms with Gasteiger partial charge in [0.25, 0.3) is 15.9 Å². The quantitative estimate of drug-likeness (QED) is 0.232. The number of hydrazone groups is 1. The van der Waals surface area contributed by atoms with Crippen molar-refractivity contribution in [1.29, 1.82) is 0 Å². The van der Waals surface area contributed by atoms with Crippen LogP contribution in [-0.2, 0) is 14.8 Å². The SMILES string of the molecule is CCOc1ccccc1N(CC(=O)N/N=C(/C)c1ccc(I)cc1)S(=O)(=O)c1ccccc1. The number of sulfonamides is 1. The van der Waals surface area contributed by atoms with E-state index in [1.165, 1.54) is 12.1 Å². The van der Waals surface area contributed by atoms with E-state index < -0.39 is 22.5 Å². The Morgan fingerprint density at radius 2 is 1.64 bits per heavy atom. The van der Waals surface area contributed by atoms with Gasteiger partial charge in [0.1, 0.15) is 12.3 Å². The Hall–Kier alpha value is -2.92. The third kappa shape index (κ3) is 6.32. The normalized spacial score (nSPS) is 11.7. The Labute approximate surface area is 207 Å². The number of para-hydroxylation sites is 2. The third-order valence-corrected chi connectivity index (χ3v) is 7.16. The van der Waals surface area contributed by atoms with Crippen molar-refractivity contribution < 1.29 is 17.9 Å². The van der Waals surface area contributed by atoms with Crippen molar-refractivity contribution in [3.63, 3.8) is 0 Å². The summed E-state index contributed by atoms with van der Waals surface area (Å²) in [6.45, 7) is 3.46. The molecule has 3 rings (SSSR count). The van der Waals surface area contributed by atoms with Crippen molar-refractivity contribution in [3.05, 3.63) is 88.0 Å². The molecule has 0 heterocycles. The predicted octanol–water partition coefficient (Wildman–Crippen LogP) is 4.43. The van der Waals surface area contributed by atoms with Crippen molar-refractivity contribution in [3.8, 4) is 5.75 Å². The summed E-state index contributed by atoms with van der Waals surface area (Å²) in [4.78, 5) is 12.9. The summed E-state index contributed by atoms with van der Waals surface area (Å²) in [5, 5.41) is 4.15. The summed E-state index contributed by atoms with van der Waals surface area (Å²) in [5.74, 6) is -0.212. The minimum atomic E-state index is -4.04. The molecule has 0 saturated carbocycles. The second-order valence-electron chi connectivity index (χ2n) is 6.96. The number of hydrogen-bond acceptors (Lipinski definition) is 5.